The van der Waals surface area contributed by atoms with Crippen molar-refractivity contribution in [2.75, 3.05) is 4.72 Å². The van der Waals surface area contributed by atoms with Crippen molar-refractivity contribution >= 4 is 28.8 Å². The van der Waals surface area contributed by atoms with Gasteiger partial charge < -0.3 is 15.0 Å². The van der Waals surface area contributed by atoms with Gasteiger partial charge in [-0.05, 0) is 55.7 Å². The lowest BCUT2D eigenvalue weighted by Gasteiger charge is -2.28. The average Bonchev–Trinajstić information content (AvgIpc) is 2.83. The Bertz CT molecular complexity index is 1200. The number of anilines is 1. The number of aliphatic imine (C=N–C) groups is 1. The monoisotopic (exact) mass is 559 g/mol. The van der Waals surface area contributed by atoms with Crippen LogP contribution in [0.4, 0.5) is 32.0 Å². The Hall–Kier alpha value is -3.12. The molecule has 12 heteroatoms. The molecular formula is C26H27F6N3O2S. The Morgan fingerprint density at radius 2 is 1.92 bits per heavy atom. The topological polar surface area (TPSA) is 82.7 Å². The van der Waals surface area contributed by atoms with Crippen molar-refractivity contribution in [1.29, 1.82) is 0 Å². The molecule has 3 rings (SSSR count). The van der Waals surface area contributed by atoms with Gasteiger partial charge in [0.05, 0.1) is 23.0 Å². The molecule has 0 aromatic heterocycles. The van der Waals surface area contributed by atoms with Crippen LogP contribution in [0.1, 0.15) is 32.3 Å². The maximum absolute atomic E-state index is 14.2. The Kier molecular flexibility index (Phi) is 9.77. The van der Waals surface area contributed by atoms with Gasteiger partial charge in [0.15, 0.2) is 5.25 Å². The molecule has 0 saturated carbocycles. The predicted molar refractivity (Wildman–Crippen MR) is 138 cm³/mol. The smallest absolute Gasteiger partial charge is 0.392 e. The third kappa shape index (κ3) is 7.94. The SMILES string of the molecule is CC(C)N=CC(=CN)c1ccc(-c2cc(F)cc(OC(F)F)c2)cc1N[S+]([O-])C1C=CCC(C(F)(F)F)C1. The highest BCUT2D eigenvalue weighted by Crippen LogP contribution is 2.38. The molecule has 206 valence electrons. The summed E-state index contributed by atoms with van der Waals surface area (Å²) in [5.74, 6) is -2.83. The average molecular weight is 560 g/mol. The molecule has 3 atom stereocenters. The van der Waals surface area contributed by atoms with Crippen LogP contribution in [0.3, 0.4) is 0 Å². The highest BCUT2D eigenvalue weighted by Gasteiger charge is 2.43. The first-order valence-electron chi connectivity index (χ1n) is 11.6. The number of ether oxygens (including phenoxy) is 1. The van der Waals surface area contributed by atoms with E-state index in [4.69, 9.17) is 5.73 Å². The van der Waals surface area contributed by atoms with Crippen LogP contribution < -0.4 is 15.2 Å². The maximum atomic E-state index is 14.2. The van der Waals surface area contributed by atoms with Crippen LogP contribution in [0.15, 0.2) is 59.7 Å². The van der Waals surface area contributed by atoms with E-state index in [9.17, 15) is 30.9 Å². The molecule has 0 heterocycles. The van der Waals surface area contributed by atoms with Crippen LogP contribution in [-0.4, -0.2) is 34.8 Å². The molecule has 5 nitrogen and oxygen atoms in total. The van der Waals surface area contributed by atoms with Crippen LogP contribution in [0.5, 0.6) is 5.75 Å². The molecule has 0 fully saturated rings. The molecule has 0 bridgehead atoms. The molecule has 1 aliphatic carbocycles. The second-order valence-corrected chi connectivity index (χ2v) is 10.3. The first kappa shape index (κ1) is 29.4. The quantitative estimate of drug-likeness (QED) is 0.152. The van der Waals surface area contributed by atoms with Crippen molar-refractivity contribution in [3.8, 4) is 16.9 Å². The number of alkyl halides is 5. The van der Waals surface area contributed by atoms with Crippen LogP contribution in [0.2, 0.25) is 0 Å². The minimum Gasteiger partial charge on any atom is -0.593 e. The normalized spacial score (nSPS) is 19.4. The number of hydrogen-bond acceptors (Lipinski definition) is 5. The fraction of sp³-hybridized carbons (Fsp3) is 0.346. The van der Waals surface area contributed by atoms with E-state index in [0.29, 0.717) is 16.7 Å². The van der Waals surface area contributed by atoms with Gasteiger partial charge >= 0.3 is 12.8 Å². The Morgan fingerprint density at radius 1 is 1.18 bits per heavy atom. The summed E-state index contributed by atoms with van der Waals surface area (Å²) < 4.78 is 99.6. The number of nitrogens with zero attached hydrogens (tertiary/aromatic N) is 1. The van der Waals surface area contributed by atoms with E-state index >= 15 is 0 Å². The number of halogens is 6. The summed E-state index contributed by atoms with van der Waals surface area (Å²) in [5, 5.41) is -0.929. The zero-order chi connectivity index (χ0) is 28.0. The summed E-state index contributed by atoms with van der Waals surface area (Å²) in [5.41, 5.74) is 7.41. The molecule has 38 heavy (non-hydrogen) atoms. The third-order valence-corrected chi connectivity index (χ3v) is 7.01. The van der Waals surface area contributed by atoms with E-state index in [1.807, 2.05) is 13.8 Å². The largest absolute Gasteiger partial charge is 0.593 e. The molecule has 0 amide bonds. The molecule has 2 aromatic rings. The van der Waals surface area contributed by atoms with E-state index < -0.39 is 46.9 Å². The Morgan fingerprint density at radius 3 is 2.55 bits per heavy atom. The van der Waals surface area contributed by atoms with Crippen molar-refractivity contribution in [2.24, 2.45) is 16.6 Å². The third-order valence-electron chi connectivity index (χ3n) is 5.69. The Labute approximate surface area is 219 Å². The van der Waals surface area contributed by atoms with Crippen molar-refractivity contribution < 1.29 is 35.6 Å². The van der Waals surface area contributed by atoms with Gasteiger partial charge in [0, 0.05) is 42.1 Å². The molecule has 0 radical (unpaired) electrons. The van der Waals surface area contributed by atoms with Crippen LogP contribution in [-0.2, 0) is 11.4 Å². The van der Waals surface area contributed by atoms with E-state index in [2.05, 4.69) is 14.5 Å². The number of rotatable bonds is 9. The number of hydrogen-bond donors (Lipinski definition) is 2. The second kappa shape index (κ2) is 12.6. The lowest BCUT2D eigenvalue weighted by molar-refractivity contribution is -0.175. The molecule has 0 aliphatic heterocycles. The fourth-order valence-electron chi connectivity index (χ4n) is 3.85. The standard InChI is InChI=1S/C26H27F6N3O2S/c1-15(2)34-14-18(13-33)23-7-6-16(17-8-20(27)12-21(9-17)37-25(28)29)10-24(23)35-38(36)22-5-3-4-19(11-22)26(30,31)32/h3,5-10,12-15,19,22,25,35H,4,11,33H2,1-2H3. The molecular weight excluding hydrogens is 532 g/mol. The van der Waals surface area contributed by atoms with Gasteiger partial charge in [0.2, 0.25) is 0 Å². The summed E-state index contributed by atoms with van der Waals surface area (Å²) in [4.78, 5) is 4.30. The summed E-state index contributed by atoms with van der Waals surface area (Å²) in [6, 6.07) is 7.68. The minimum absolute atomic E-state index is 0.0676. The zero-order valence-corrected chi connectivity index (χ0v) is 21.3. The number of allylic oxidation sites excluding steroid dienone is 2. The lowest BCUT2D eigenvalue weighted by atomic mass is 9.94. The maximum Gasteiger partial charge on any atom is 0.392 e. The molecule has 1 aliphatic rings. The second-order valence-electron chi connectivity index (χ2n) is 8.88. The van der Waals surface area contributed by atoms with Crippen LogP contribution in [0, 0.1) is 11.7 Å². The van der Waals surface area contributed by atoms with Gasteiger partial charge in [-0.1, -0.05) is 18.2 Å². The lowest BCUT2D eigenvalue weighted by Crippen LogP contribution is -2.35. The highest BCUT2D eigenvalue weighted by molar-refractivity contribution is 7.93. The van der Waals surface area contributed by atoms with Gasteiger partial charge in [-0.25, -0.2) is 9.11 Å². The van der Waals surface area contributed by atoms with Gasteiger partial charge in [0.25, 0.3) is 0 Å². The highest BCUT2D eigenvalue weighted by atomic mass is 32.2. The minimum atomic E-state index is -4.42. The zero-order valence-electron chi connectivity index (χ0n) is 20.5. The summed E-state index contributed by atoms with van der Waals surface area (Å²) in [6.45, 7) is 0.530. The van der Waals surface area contributed by atoms with Crippen molar-refractivity contribution in [1.82, 2.24) is 0 Å². The molecule has 3 N–H and O–H groups in total. The van der Waals surface area contributed by atoms with Crippen molar-refractivity contribution in [2.45, 2.75) is 50.8 Å². The van der Waals surface area contributed by atoms with Gasteiger partial charge in [-0.3, -0.25) is 4.99 Å². The van der Waals surface area contributed by atoms with Gasteiger partial charge in [-0.2, -0.15) is 22.0 Å². The van der Waals surface area contributed by atoms with E-state index in [1.165, 1.54) is 36.7 Å². The Balaban J connectivity index is 2.02. The van der Waals surface area contributed by atoms with Gasteiger partial charge in [0.1, 0.15) is 11.6 Å². The van der Waals surface area contributed by atoms with E-state index in [0.717, 1.165) is 12.1 Å². The van der Waals surface area contributed by atoms with Crippen LogP contribution in [0.25, 0.3) is 16.7 Å². The summed E-state index contributed by atoms with van der Waals surface area (Å²) >= 11 is -1.98. The fourth-order valence-corrected chi connectivity index (χ4v) is 5.05. The predicted octanol–water partition coefficient (Wildman–Crippen LogP) is 6.85. The molecule has 3 unspecified atom stereocenters. The van der Waals surface area contributed by atoms with Gasteiger partial charge in [-0.15, -0.1) is 0 Å². The number of nitrogens with one attached hydrogen (secondary N) is 1. The first-order valence-corrected chi connectivity index (χ1v) is 12.8. The molecule has 0 saturated heterocycles. The first-order chi connectivity index (χ1) is 17.9. The van der Waals surface area contributed by atoms with Crippen molar-refractivity contribution in [3.63, 3.8) is 0 Å². The van der Waals surface area contributed by atoms with Crippen molar-refractivity contribution in [3.05, 3.63) is 66.1 Å². The summed E-state index contributed by atoms with van der Waals surface area (Å²) in [6.07, 6.45) is 0.650. The number of nitrogens with two attached hydrogens (primary N) is 1. The number of benzene rings is 2. The molecule has 0 spiro atoms. The van der Waals surface area contributed by atoms with E-state index in [-0.39, 0.29) is 30.1 Å². The molecule has 2 aromatic carbocycles. The summed E-state index contributed by atoms with van der Waals surface area (Å²) in [7, 11) is 0. The van der Waals surface area contributed by atoms with Crippen LogP contribution >= 0.6 is 0 Å². The van der Waals surface area contributed by atoms with E-state index in [1.54, 1.807) is 12.1 Å².